The van der Waals surface area contributed by atoms with E-state index in [1.807, 2.05) is 48.5 Å². The van der Waals surface area contributed by atoms with Crippen molar-refractivity contribution in [2.75, 3.05) is 13.6 Å². The number of amides is 1. The van der Waals surface area contributed by atoms with Gasteiger partial charge in [-0.15, -0.1) is 0 Å². The number of ether oxygens (including phenoxy) is 2. The van der Waals surface area contributed by atoms with Crippen molar-refractivity contribution in [2.45, 2.75) is 89.6 Å². The van der Waals surface area contributed by atoms with E-state index in [2.05, 4.69) is 78.8 Å². The lowest BCUT2D eigenvalue weighted by molar-refractivity contribution is -0.253. The number of aliphatic hydroxyl groups excluding tert-OH is 1. The molecule has 264 valence electrons. The van der Waals surface area contributed by atoms with Crippen molar-refractivity contribution >= 4 is 11.9 Å². The first-order valence-corrected chi connectivity index (χ1v) is 17.7. The van der Waals surface area contributed by atoms with E-state index in [-0.39, 0.29) is 37.2 Å². The number of unbranched alkanes of at least 4 members (excludes halogenated alkanes) is 3. The van der Waals surface area contributed by atoms with Gasteiger partial charge in [-0.05, 0) is 60.2 Å². The Bertz CT molecular complexity index is 1640. The number of aliphatic hydroxyl groups is 1. The predicted octanol–water partition coefficient (Wildman–Crippen LogP) is 8.13. The summed E-state index contributed by atoms with van der Waals surface area (Å²) in [4.78, 5) is 25.5. The number of nitrogens with zero attached hydrogens (tertiary/aromatic N) is 1. The monoisotopic (exact) mass is 678 g/mol. The Morgan fingerprint density at radius 1 is 0.820 bits per heavy atom. The van der Waals surface area contributed by atoms with E-state index in [0.717, 1.165) is 59.2 Å². The van der Waals surface area contributed by atoms with E-state index in [4.69, 9.17) is 14.6 Å². The summed E-state index contributed by atoms with van der Waals surface area (Å²) in [6.07, 6.45) is 3.59. The van der Waals surface area contributed by atoms with Crippen molar-refractivity contribution in [3.63, 3.8) is 0 Å². The molecule has 3 N–H and O–H groups in total. The number of benzene rings is 4. The maximum Gasteiger partial charge on any atom is 0.303 e. The van der Waals surface area contributed by atoms with Crippen LogP contribution in [0.5, 0.6) is 0 Å². The van der Waals surface area contributed by atoms with Crippen LogP contribution in [0.4, 0.5) is 0 Å². The lowest BCUT2D eigenvalue weighted by Crippen LogP contribution is -2.38. The summed E-state index contributed by atoms with van der Waals surface area (Å²) in [6.45, 7) is 3.38. The van der Waals surface area contributed by atoms with Crippen molar-refractivity contribution < 1.29 is 29.3 Å². The van der Waals surface area contributed by atoms with Crippen LogP contribution in [0.1, 0.15) is 98.1 Å². The van der Waals surface area contributed by atoms with Gasteiger partial charge >= 0.3 is 5.97 Å². The molecule has 1 amide bonds. The molecule has 8 heteroatoms. The molecule has 0 spiro atoms. The molecule has 1 aliphatic rings. The summed E-state index contributed by atoms with van der Waals surface area (Å²) >= 11 is 0. The zero-order valence-corrected chi connectivity index (χ0v) is 29.2. The average molecular weight is 679 g/mol. The number of aliphatic carboxylic acids is 1. The number of likely N-dealkylation sites (N-methyl/N-ethyl adjacent to an activating group) is 1. The Balaban J connectivity index is 1.25. The molecule has 0 aromatic heterocycles. The molecule has 0 saturated carbocycles. The fraction of sp³-hybridized carbons (Fsp3) is 0.381. The largest absolute Gasteiger partial charge is 0.481 e. The van der Waals surface area contributed by atoms with Crippen LogP contribution in [0.25, 0.3) is 11.1 Å². The van der Waals surface area contributed by atoms with Crippen LogP contribution >= 0.6 is 0 Å². The molecule has 1 saturated heterocycles. The summed E-state index contributed by atoms with van der Waals surface area (Å²) in [6, 6.07) is 35.1. The summed E-state index contributed by atoms with van der Waals surface area (Å²) < 4.78 is 13.3. The first-order valence-electron chi connectivity index (χ1n) is 17.7. The number of carbonyl (C=O) groups is 2. The van der Waals surface area contributed by atoms with E-state index in [0.29, 0.717) is 25.8 Å². The molecule has 1 fully saturated rings. The molecule has 4 aromatic rings. The fourth-order valence-electron chi connectivity index (χ4n) is 6.47. The highest BCUT2D eigenvalue weighted by Gasteiger charge is 2.33. The highest BCUT2D eigenvalue weighted by atomic mass is 16.7. The number of carbonyl (C=O) groups excluding carboxylic acids is 1. The zero-order chi connectivity index (χ0) is 35.3. The Labute approximate surface area is 296 Å². The molecule has 0 aliphatic carbocycles. The summed E-state index contributed by atoms with van der Waals surface area (Å²) in [5, 5.41) is 21.4. The molecular formula is C42H50N2O6. The molecule has 4 aromatic carbocycles. The first kappa shape index (κ1) is 36.9. The number of carboxylic acid groups (broad SMARTS) is 1. The van der Waals surface area contributed by atoms with Crippen LogP contribution in [0, 0.1) is 0 Å². The van der Waals surface area contributed by atoms with Gasteiger partial charge in [0.2, 0.25) is 5.91 Å². The molecule has 50 heavy (non-hydrogen) atoms. The second-order valence-corrected chi connectivity index (χ2v) is 13.2. The van der Waals surface area contributed by atoms with Gasteiger partial charge in [0, 0.05) is 44.0 Å². The van der Waals surface area contributed by atoms with E-state index in [9.17, 15) is 14.7 Å². The van der Waals surface area contributed by atoms with Crippen molar-refractivity contribution in [1.82, 2.24) is 10.2 Å². The molecule has 0 radical (unpaired) electrons. The molecular weight excluding hydrogens is 628 g/mol. The van der Waals surface area contributed by atoms with Crippen LogP contribution in [0.3, 0.4) is 0 Å². The quantitative estimate of drug-likeness (QED) is 0.0968. The van der Waals surface area contributed by atoms with Crippen molar-refractivity contribution in [1.29, 1.82) is 0 Å². The Hall–Kier alpha value is -4.34. The van der Waals surface area contributed by atoms with E-state index >= 15 is 0 Å². The minimum absolute atomic E-state index is 0.00102. The van der Waals surface area contributed by atoms with Crippen molar-refractivity contribution in [3.8, 4) is 11.1 Å². The van der Waals surface area contributed by atoms with Gasteiger partial charge in [-0.2, -0.15) is 0 Å². The van der Waals surface area contributed by atoms with Gasteiger partial charge in [0.15, 0.2) is 6.29 Å². The Kier molecular flexibility index (Phi) is 13.7. The summed E-state index contributed by atoms with van der Waals surface area (Å²) in [5.41, 5.74) is 7.24. The molecule has 8 nitrogen and oxygen atoms in total. The van der Waals surface area contributed by atoms with Crippen LogP contribution in [-0.2, 0) is 32.2 Å². The highest BCUT2D eigenvalue weighted by molar-refractivity contribution is 5.76. The molecule has 1 aliphatic heterocycles. The van der Waals surface area contributed by atoms with Gasteiger partial charge in [-0.1, -0.05) is 116 Å². The Morgan fingerprint density at radius 2 is 1.48 bits per heavy atom. The van der Waals surface area contributed by atoms with E-state index in [1.165, 1.54) is 5.56 Å². The van der Waals surface area contributed by atoms with Gasteiger partial charge in [0.1, 0.15) is 0 Å². The molecule has 4 atom stereocenters. The van der Waals surface area contributed by atoms with Crippen molar-refractivity contribution in [2.24, 2.45) is 0 Å². The number of hydrogen-bond donors (Lipinski definition) is 3. The number of rotatable bonds is 17. The molecule has 1 heterocycles. The molecule has 5 rings (SSSR count). The second kappa shape index (κ2) is 18.6. The second-order valence-electron chi connectivity index (χ2n) is 13.2. The van der Waals surface area contributed by atoms with Gasteiger partial charge in [-0.3, -0.25) is 14.5 Å². The number of hydrogen-bond acceptors (Lipinski definition) is 6. The highest BCUT2D eigenvalue weighted by Crippen LogP contribution is 2.39. The number of nitrogens with one attached hydrogen (secondary N) is 1. The van der Waals surface area contributed by atoms with Gasteiger partial charge in [0.25, 0.3) is 0 Å². The third-order valence-electron chi connectivity index (χ3n) is 9.58. The average Bonchev–Trinajstić information content (AvgIpc) is 3.15. The third kappa shape index (κ3) is 10.6. The molecule has 0 bridgehead atoms. The minimum Gasteiger partial charge on any atom is -0.481 e. The first-order chi connectivity index (χ1) is 24.3. The smallest absolute Gasteiger partial charge is 0.303 e. The maximum atomic E-state index is 12.5. The van der Waals surface area contributed by atoms with Crippen LogP contribution in [-0.4, -0.2) is 46.7 Å². The lowest BCUT2D eigenvalue weighted by atomic mass is 9.97. The lowest BCUT2D eigenvalue weighted by Gasteiger charge is -2.39. The normalized spacial score (nSPS) is 18.1. The van der Waals surface area contributed by atoms with E-state index < -0.39 is 12.3 Å². The van der Waals surface area contributed by atoms with Crippen LogP contribution in [0.15, 0.2) is 103 Å². The van der Waals surface area contributed by atoms with Crippen molar-refractivity contribution in [3.05, 3.63) is 131 Å². The van der Waals surface area contributed by atoms with Gasteiger partial charge in [0.05, 0.1) is 18.8 Å². The predicted molar refractivity (Wildman–Crippen MR) is 195 cm³/mol. The fourth-order valence-corrected chi connectivity index (χ4v) is 6.47. The molecule has 4 unspecified atom stereocenters. The van der Waals surface area contributed by atoms with Gasteiger partial charge < -0.3 is 25.0 Å². The zero-order valence-electron chi connectivity index (χ0n) is 29.2. The Morgan fingerprint density at radius 3 is 2.18 bits per heavy atom. The maximum absolute atomic E-state index is 12.5. The van der Waals surface area contributed by atoms with E-state index in [1.54, 1.807) is 0 Å². The van der Waals surface area contributed by atoms with Crippen LogP contribution in [0.2, 0.25) is 0 Å². The topological polar surface area (TPSA) is 108 Å². The SMILES string of the molecule is CC(c1ccccc1)N(C)CC1CC(c2ccc(CO)cc2)OC(c2ccc(-c3ccccc3CNC(=O)CCCCCCC(=O)O)cc2)O1. The van der Waals surface area contributed by atoms with Crippen LogP contribution < -0.4 is 5.32 Å². The summed E-state index contributed by atoms with van der Waals surface area (Å²) in [5.74, 6) is -0.776. The standard InChI is InChI=1S/C42H50N2O6/c1-30(32-12-6-5-7-13-32)44(2)28-37-26-39(34-20-18-31(29-45)19-21-34)50-42(49-37)35-24-22-33(23-25-35)38-15-11-10-14-36(38)27-43-40(46)16-8-3-4-9-17-41(47)48/h5-7,10-15,18-25,30,37,39,42,45H,3-4,8-9,16-17,26-29H2,1-2H3,(H,43,46)(H,47,48). The number of carboxylic acids is 1. The van der Waals surface area contributed by atoms with Gasteiger partial charge in [-0.25, -0.2) is 0 Å². The third-order valence-corrected chi connectivity index (χ3v) is 9.58. The minimum atomic E-state index is -0.775. The summed E-state index contributed by atoms with van der Waals surface area (Å²) in [7, 11) is 2.14.